The van der Waals surface area contributed by atoms with E-state index in [1.807, 2.05) is 10.8 Å². The van der Waals surface area contributed by atoms with E-state index in [9.17, 15) is 4.79 Å². The molecule has 0 aliphatic heterocycles. The fourth-order valence-corrected chi connectivity index (χ4v) is 1.50. The van der Waals surface area contributed by atoms with Crippen LogP contribution < -0.4 is 5.73 Å². The summed E-state index contributed by atoms with van der Waals surface area (Å²) in [5.74, 6) is 0.264. The fourth-order valence-electron chi connectivity index (χ4n) is 1.50. The summed E-state index contributed by atoms with van der Waals surface area (Å²) in [5, 5.41) is 0. The van der Waals surface area contributed by atoms with Crippen molar-refractivity contribution in [2.24, 2.45) is 11.7 Å². The van der Waals surface area contributed by atoms with E-state index in [0.717, 1.165) is 18.7 Å². The van der Waals surface area contributed by atoms with Crippen LogP contribution in [0.3, 0.4) is 0 Å². The van der Waals surface area contributed by atoms with Crippen molar-refractivity contribution in [1.29, 1.82) is 0 Å². The van der Waals surface area contributed by atoms with E-state index < -0.39 is 12.0 Å². The summed E-state index contributed by atoms with van der Waals surface area (Å²) in [5.41, 5.74) is 6.49. The van der Waals surface area contributed by atoms with Gasteiger partial charge in [-0.05, 0) is 12.3 Å². The van der Waals surface area contributed by atoms with Gasteiger partial charge in [0.25, 0.3) is 0 Å². The smallest absolute Gasteiger partial charge is 0.323 e. The molecule has 0 unspecified atom stereocenters. The van der Waals surface area contributed by atoms with Gasteiger partial charge in [0.2, 0.25) is 0 Å². The molecule has 5 nitrogen and oxygen atoms in total. The van der Waals surface area contributed by atoms with Crippen LogP contribution in [0.4, 0.5) is 0 Å². The Morgan fingerprint density at radius 1 is 1.59 bits per heavy atom. The zero-order chi connectivity index (χ0) is 12.8. The van der Waals surface area contributed by atoms with Gasteiger partial charge in [0.1, 0.15) is 6.04 Å². The average molecular weight is 239 g/mol. The molecule has 0 bridgehead atoms. The highest BCUT2D eigenvalue weighted by atomic mass is 16.5. The molecular formula is C12H21N3O2. The Hall–Kier alpha value is -1.36. The Morgan fingerprint density at radius 3 is 2.88 bits per heavy atom. The molecular weight excluding hydrogens is 218 g/mol. The van der Waals surface area contributed by atoms with Crippen LogP contribution >= 0.6 is 0 Å². The minimum atomic E-state index is -0.631. The molecule has 1 atom stereocenters. The minimum Gasteiger partial charge on any atom is -0.468 e. The molecule has 0 amide bonds. The molecule has 0 saturated heterocycles. The van der Waals surface area contributed by atoms with Crippen molar-refractivity contribution in [3.05, 3.63) is 18.2 Å². The van der Waals surface area contributed by atoms with Gasteiger partial charge in [-0.25, -0.2) is 4.98 Å². The molecule has 0 saturated carbocycles. The van der Waals surface area contributed by atoms with Gasteiger partial charge in [-0.1, -0.05) is 13.8 Å². The number of nitrogens with zero attached hydrogens (tertiary/aromatic N) is 2. The Labute approximate surface area is 102 Å². The molecule has 1 aromatic heterocycles. The molecule has 2 N–H and O–H groups in total. The van der Waals surface area contributed by atoms with Crippen LogP contribution in [0.2, 0.25) is 0 Å². The number of carbonyl (C=O) groups is 1. The third-order valence-corrected chi connectivity index (χ3v) is 2.58. The monoisotopic (exact) mass is 239 g/mol. The summed E-state index contributed by atoms with van der Waals surface area (Å²) in [6, 6.07) is -0.631. The lowest BCUT2D eigenvalue weighted by molar-refractivity contribution is -0.142. The van der Waals surface area contributed by atoms with Gasteiger partial charge in [0, 0.05) is 19.2 Å². The maximum absolute atomic E-state index is 11.2. The van der Waals surface area contributed by atoms with Crippen molar-refractivity contribution >= 4 is 5.97 Å². The Kier molecular flexibility index (Phi) is 5.15. The molecule has 0 fully saturated rings. The van der Waals surface area contributed by atoms with Crippen LogP contribution in [-0.2, 0) is 22.5 Å². The molecule has 96 valence electrons. The summed E-state index contributed by atoms with van der Waals surface area (Å²) in [6.07, 6.45) is 5.24. The predicted octanol–water partition coefficient (Wildman–Crippen LogP) is 0.972. The van der Waals surface area contributed by atoms with Crippen LogP contribution in [0, 0.1) is 5.92 Å². The lowest BCUT2D eigenvalue weighted by Gasteiger charge is -2.06. The second kappa shape index (κ2) is 6.39. The standard InChI is InChI=1S/C12H21N3O2/c1-9(2)4-5-15-7-10(14-8-15)6-11(13)12(16)17-3/h7-9,11H,4-6,13H2,1-3H3/t11-/m0/s1. The van der Waals surface area contributed by atoms with E-state index >= 15 is 0 Å². The van der Waals surface area contributed by atoms with E-state index in [2.05, 4.69) is 23.6 Å². The van der Waals surface area contributed by atoms with Gasteiger partial charge in [0.05, 0.1) is 19.1 Å². The van der Waals surface area contributed by atoms with Crippen molar-refractivity contribution in [2.45, 2.75) is 39.3 Å². The molecule has 0 aromatic carbocycles. The molecule has 1 aromatic rings. The van der Waals surface area contributed by atoms with E-state index in [4.69, 9.17) is 5.73 Å². The number of esters is 1. The van der Waals surface area contributed by atoms with Crippen LogP contribution in [0.25, 0.3) is 0 Å². The molecule has 0 radical (unpaired) electrons. The third kappa shape index (κ3) is 4.56. The molecule has 1 rings (SSSR count). The summed E-state index contributed by atoms with van der Waals surface area (Å²) < 4.78 is 6.60. The summed E-state index contributed by atoms with van der Waals surface area (Å²) in [7, 11) is 1.34. The number of imidazole rings is 1. The number of methoxy groups -OCH3 is 1. The van der Waals surface area contributed by atoms with E-state index in [0.29, 0.717) is 12.3 Å². The van der Waals surface area contributed by atoms with Gasteiger partial charge < -0.3 is 15.0 Å². The highest BCUT2D eigenvalue weighted by Crippen LogP contribution is 2.05. The molecule has 1 heterocycles. The van der Waals surface area contributed by atoms with E-state index in [1.54, 1.807) is 6.33 Å². The number of carbonyl (C=O) groups excluding carboxylic acids is 1. The summed E-state index contributed by atoms with van der Waals surface area (Å²) in [4.78, 5) is 15.4. The number of aryl methyl sites for hydroxylation is 1. The van der Waals surface area contributed by atoms with Crippen molar-refractivity contribution < 1.29 is 9.53 Å². The summed E-state index contributed by atoms with van der Waals surface area (Å²) in [6.45, 7) is 5.31. The van der Waals surface area contributed by atoms with Crippen LogP contribution in [-0.4, -0.2) is 28.7 Å². The van der Waals surface area contributed by atoms with Crippen LogP contribution in [0.15, 0.2) is 12.5 Å². The molecule has 5 heteroatoms. The zero-order valence-electron chi connectivity index (χ0n) is 10.7. The lowest BCUT2D eigenvalue weighted by atomic mass is 10.1. The average Bonchev–Trinajstić information content (AvgIpc) is 2.73. The van der Waals surface area contributed by atoms with Crippen molar-refractivity contribution in [2.75, 3.05) is 7.11 Å². The second-order valence-corrected chi connectivity index (χ2v) is 4.62. The topological polar surface area (TPSA) is 70.1 Å². The number of ether oxygens (including phenoxy) is 1. The van der Waals surface area contributed by atoms with Gasteiger partial charge in [0.15, 0.2) is 0 Å². The normalized spacial score (nSPS) is 12.8. The Bertz CT molecular complexity index is 360. The highest BCUT2D eigenvalue weighted by molar-refractivity contribution is 5.75. The first-order chi connectivity index (χ1) is 8.02. The molecule has 17 heavy (non-hydrogen) atoms. The van der Waals surface area contributed by atoms with Crippen molar-refractivity contribution in [1.82, 2.24) is 9.55 Å². The largest absolute Gasteiger partial charge is 0.468 e. The SMILES string of the molecule is COC(=O)[C@@H](N)Cc1cn(CCC(C)C)cn1. The van der Waals surface area contributed by atoms with Crippen molar-refractivity contribution in [3.63, 3.8) is 0 Å². The highest BCUT2D eigenvalue weighted by Gasteiger charge is 2.15. The fraction of sp³-hybridized carbons (Fsp3) is 0.667. The first-order valence-electron chi connectivity index (χ1n) is 5.87. The summed E-state index contributed by atoms with van der Waals surface area (Å²) >= 11 is 0. The quantitative estimate of drug-likeness (QED) is 0.751. The van der Waals surface area contributed by atoms with Gasteiger partial charge in [-0.3, -0.25) is 4.79 Å². The molecule has 0 spiro atoms. The molecule has 0 aliphatic carbocycles. The predicted molar refractivity (Wildman–Crippen MR) is 65.4 cm³/mol. The Morgan fingerprint density at radius 2 is 2.29 bits per heavy atom. The van der Waals surface area contributed by atoms with Crippen molar-refractivity contribution in [3.8, 4) is 0 Å². The van der Waals surface area contributed by atoms with E-state index in [1.165, 1.54) is 7.11 Å². The molecule has 0 aliphatic rings. The van der Waals surface area contributed by atoms with Gasteiger partial charge in [-0.2, -0.15) is 0 Å². The second-order valence-electron chi connectivity index (χ2n) is 4.62. The third-order valence-electron chi connectivity index (χ3n) is 2.58. The zero-order valence-corrected chi connectivity index (χ0v) is 10.7. The van der Waals surface area contributed by atoms with E-state index in [-0.39, 0.29) is 0 Å². The Balaban J connectivity index is 2.48. The van der Waals surface area contributed by atoms with Crippen LogP contribution in [0.5, 0.6) is 0 Å². The first-order valence-corrected chi connectivity index (χ1v) is 5.87. The maximum atomic E-state index is 11.2. The first kappa shape index (κ1) is 13.7. The number of aromatic nitrogens is 2. The van der Waals surface area contributed by atoms with Gasteiger partial charge in [-0.15, -0.1) is 0 Å². The van der Waals surface area contributed by atoms with Gasteiger partial charge >= 0.3 is 5.97 Å². The number of hydrogen-bond acceptors (Lipinski definition) is 4. The van der Waals surface area contributed by atoms with Crippen LogP contribution in [0.1, 0.15) is 26.0 Å². The lowest BCUT2D eigenvalue weighted by Crippen LogP contribution is -2.33. The number of hydrogen-bond donors (Lipinski definition) is 1. The number of nitrogens with two attached hydrogens (primary N) is 1. The minimum absolute atomic E-state index is 0.401. The maximum Gasteiger partial charge on any atom is 0.323 e. The number of rotatable bonds is 6.